The van der Waals surface area contributed by atoms with E-state index in [9.17, 15) is 13.2 Å². The van der Waals surface area contributed by atoms with Crippen LogP contribution in [0.25, 0.3) is 0 Å². The molecule has 1 aliphatic heterocycles. The molecule has 6 nitrogen and oxygen atoms in total. The van der Waals surface area contributed by atoms with Gasteiger partial charge in [0.15, 0.2) is 9.84 Å². The topological polar surface area (TPSA) is 81.1 Å². The largest absolute Gasteiger partial charge is 0.306 e. The Hall–Kier alpha value is -1.67. The summed E-state index contributed by atoms with van der Waals surface area (Å²) in [5, 5.41) is 7.28. The number of rotatable bonds is 4. The van der Waals surface area contributed by atoms with Gasteiger partial charge in [-0.3, -0.25) is 4.79 Å². The second kappa shape index (κ2) is 6.33. The zero-order valence-electron chi connectivity index (χ0n) is 14.0. The molecule has 2 aromatic rings. The summed E-state index contributed by atoms with van der Waals surface area (Å²) in [6.45, 7) is 5.91. The SMILES string of the molecule is CCc1sc(C(=O)Nc2cc(C)nn2C2CCS(=O)(=O)C2)cc1C. The van der Waals surface area contributed by atoms with Gasteiger partial charge in [0.1, 0.15) is 5.82 Å². The van der Waals surface area contributed by atoms with Gasteiger partial charge in [-0.05, 0) is 38.3 Å². The van der Waals surface area contributed by atoms with Crippen LogP contribution < -0.4 is 5.32 Å². The number of hydrogen-bond donors (Lipinski definition) is 1. The summed E-state index contributed by atoms with van der Waals surface area (Å²) in [6, 6.07) is 3.46. The Bertz CT molecular complexity index is 881. The maximum Gasteiger partial charge on any atom is 0.266 e. The van der Waals surface area contributed by atoms with Gasteiger partial charge in [-0.2, -0.15) is 5.10 Å². The van der Waals surface area contributed by atoms with Crippen LogP contribution >= 0.6 is 11.3 Å². The van der Waals surface area contributed by atoms with E-state index in [-0.39, 0.29) is 23.5 Å². The molecule has 24 heavy (non-hydrogen) atoms. The maximum absolute atomic E-state index is 12.5. The third-order valence-electron chi connectivity index (χ3n) is 4.22. The first-order chi connectivity index (χ1) is 11.3. The van der Waals surface area contributed by atoms with Crippen LogP contribution in [0.3, 0.4) is 0 Å². The Kier molecular flexibility index (Phi) is 4.52. The summed E-state index contributed by atoms with van der Waals surface area (Å²) in [6.07, 6.45) is 1.44. The molecular weight excluding hydrogens is 346 g/mol. The smallest absolute Gasteiger partial charge is 0.266 e. The van der Waals surface area contributed by atoms with Gasteiger partial charge in [0, 0.05) is 10.9 Å². The van der Waals surface area contributed by atoms with Crippen molar-refractivity contribution in [1.29, 1.82) is 0 Å². The van der Waals surface area contributed by atoms with Crippen LogP contribution in [0, 0.1) is 13.8 Å². The molecule has 0 bridgehead atoms. The highest BCUT2D eigenvalue weighted by atomic mass is 32.2. The number of hydrogen-bond acceptors (Lipinski definition) is 5. The van der Waals surface area contributed by atoms with Crippen LogP contribution in [-0.4, -0.2) is 35.6 Å². The molecule has 1 unspecified atom stereocenters. The molecule has 0 saturated carbocycles. The van der Waals surface area contributed by atoms with Crippen molar-refractivity contribution in [2.45, 2.75) is 39.7 Å². The molecule has 1 amide bonds. The van der Waals surface area contributed by atoms with Crippen molar-refractivity contribution < 1.29 is 13.2 Å². The monoisotopic (exact) mass is 367 g/mol. The van der Waals surface area contributed by atoms with Crippen molar-refractivity contribution in [2.24, 2.45) is 0 Å². The number of nitrogens with zero attached hydrogens (tertiary/aromatic N) is 2. The lowest BCUT2D eigenvalue weighted by atomic mass is 10.2. The van der Waals surface area contributed by atoms with Crippen molar-refractivity contribution in [1.82, 2.24) is 9.78 Å². The number of aromatic nitrogens is 2. The van der Waals surface area contributed by atoms with Crippen LogP contribution in [0.4, 0.5) is 5.82 Å². The van der Waals surface area contributed by atoms with Crippen molar-refractivity contribution in [3.63, 3.8) is 0 Å². The van der Waals surface area contributed by atoms with E-state index in [1.807, 2.05) is 19.9 Å². The number of nitrogens with one attached hydrogen (secondary N) is 1. The Balaban J connectivity index is 1.83. The van der Waals surface area contributed by atoms with E-state index in [4.69, 9.17) is 0 Å². The summed E-state index contributed by atoms with van der Waals surface area (Å²) >= 11 is 1.49. The van der Waals surface area contributed by atoms with Gasteiger partial charge in [0.05, 0.1) is 28.1 Å². The fourth-order valence-corrected chi connectivity index (χ4v) is 5.72. The van der Waals surface area contributed by atoms with Crippen molar-refractivity contribution >= 4 is 32.9 Å². The molecule has 1 aliphatic rings. The van der Waals surface area contributed by atoms with Gasteiger partial charge in [0.2, 0.25) is 0 Å². The van der Waals surface area contributed by atoms with E-state index in [1.54, 1.807) is 10.7 Å². The van der Waals surface area contributed by atoms with E-state index >= 15 is 0 Å². The average molecular weight is 367 g/mol. The van der Waals surface area contributed by atoms with Gasteiger partial charge in [-0.15, -0.1) is 11.3 Å². The normalized spacial score (nSPS) is 19.5. The van der Waals surface area contributed by atoms with Gasteiger partial charge in [-0.25, -0.2) is 13.1 Å². The summed E-state index contributed by atoms with van der Waals surface area (Å²) in [5.74, 6) is 0.636. The molecule has 3 rings (SSSR count). The fourth-order valence-electron chi connectivity index (χ4n) is 3.02. The molecule has 0 radical (unpaired) electrons. The highest BCUT2D eigenvalue weighted by Crippen LogP contribution is 2.28. The standard InChI is InChI=1S/C16H21N3O3S2/c1-4-13-10(2)7-14(23-13)16(20)17-15-8-11(3)18-19(15)12-5-6-24(21,22)9-12/h7-8,12H,4-6,9H2,1-3H3,(H,17,20). The molecule has 8 heteroatoms. The number of sulfone groups is 1. The fraction of sp³-hybridized carbons (Fsp3) is 0.500. The summed E-state index contributed by atoms with van der Waals surface area (Å²) in [5.41, 5.74) is 1.88. The second-order valence-electron chi connectivity index (χ2n) is 6.20. The summed E-state index contributed by atoms with van der Waals surface area (Å²) in [7, 11) is -3.01. The van der Waals surface area contributed by atoms with Crippen molar-refractivity contribution in [3.8, 4) is 0 Å². The molecule has 1 fully saturated rings. The molecule has 1 saturated heterocycles. The molecular formula is C16H21N3O3S2. The summed E-state index contributed by atoms with van der Waals surface area (Å²) < 4.78 is 25.1. The molecule has 2 aromatic heterocycles. The van der Waals surface area contributed by atoms with Crippen LogP contribution in [0.5, 0.6) is 0 Å². The van der Waals surface area contributed by atoms with E-state index in [0.29, 0.717) is 17.1 Å². The first-order valence-electron chi connectivity index (χ1n) is 7.96. The molecule has 0 spiro atoms. The number of amides is 1. The van der Waals surface area contributed by atoms with E-state index < -0.39 is 9.84 Å². The highest BCUT2D eigenvalue weighted by molar-refractivity contribution is 7.91. The van der Waals surface area contributed by atoms with Crippen LogP contribution in [-0.2, 0) is 16.3 Å². The van der Waals surface area contributed by atoms with Gasteiger partial charge < -0.3 is 5.32 Å². The molecule has 1 N–H and O–H groups in total. The van der Waals surface area contributed by atoms with Crippen LogP contribution in [0.15, 0.2) is 12.1 Å². The lowest BCUT2D eigenvalue weighted by Crippen LogP contribution is -2.19. The first kappa shape index (κ1) is 17.2. The Morgan fingerprint density at radius 2 is 2.17 bits per heavy atom. The Labute approximate surface area is 145 Å². The van der Waals surface area contributed by atoms with Crippen molar-refractivity contribution in [2.75, 3.05) is 16.8 Å². The molecule has 0 aromatic carbocycles. The molecule has 130 valence electrons. The minimum atomic E-state index is -3.01. The third-order valence-corrected chi connectivity index (χ3v) is 7.35. The number of anilines is 1. The minimum Gasteiger partial charge on any atom is -0.306 e. The highest BCUT2D eigenvalue weighted by Gasteiger charge is 2.31. The number of thiophene rings is 1. The molecule has 3 heterocycles. The van der Waals surface area contributed by atoms with Gasteiger partial charge >= 0.3 is 0 Å². The molecule has 0 aliphatic carbocycles. The predicted octanol–water partition coefficient (Wildman–Crippen LogP) is 2.74. The van der Waals surface area contributed by atoms with E-state index in [0.717, 1.165) is 17.7 Å². The molecule has 1 atom stereocenters. The number of carbonyl (C=O) groups excluding carboxylic acids is 1. The van der Waals surface area contributed by atoms with E-state index in [1.165, 1.54) is 16.2 Å². The van der Waals surface area contributed by atoms with Gasteiger partial charge in [0.25, 0.3) is 5.91 Å². The van der Waals surface area contributed by atoms with Gasteiger partial charge in [-0.1, -0.05) is 6.92 Å². The second-order valence-corrected chi connectivity index (χ2v) is 9.56. The Morgan fingerprint density at radius 3 is 2.75 bits per heavy atom. The van der Waals surface area contributed by atoms with Crippen LogP contribution in [0.2, 0.25) is 0 Å². The third kappa shape index (κ3) is 3.39. The first-order valence-corrected chi connectivity index (χ1v) is 10.6. The lowest BCUT2D eigenvalue weighted by molar-refractivity contribution is 0.102. The van der Waals surface area contributed by atoms with E-state index in [2.05, 4.69) is 17.3 Å². The number of aryl methyl sites for hydroxylation is 3. The van der Waals surface area contributed by atoms with Crippen molar-refractivity contribution in [3.05, 3.63) is 33.1 Å². The summed E-state index contributed by atoms with van der Waals surface area (Å²) in [4.78, 5) is 14.4. The Morgan fingerprint density at radius 1 is 1.42 bits per heavy atom. The zero-order valence-corrected chi connectivity index (χ0v) is 15.6. The zero-order chi connectivity index (χ0) is 17.5. The number of carbonyl (C=O) groups is 1. The quantitative estimate of drug-likeness (QED) is 0.901. The lowest BCUT2D eigenvalue weighted by Gasteiger charge is -2.13. The van der Waals surface area contributed by atoms with Crippen LogP contribution in [0.1, 0.15) is 45.2 Å². The minimum absolute atomic E-state index is 0.0785. The average Bonchev–Trinajstić information content (AvgIpc) is 3.16. The predicted molar refractivity (Wildman–Crippen MR) is 95.7 cm³/mol. The maximum atomic E-state index is 12.5.